The van der Waals surface area contributed by atoms with Crippen molar-refractivity contribution in [2.75, 3.05) is 20.6 Å². The summed E-state index contributed by atoms with van der Waals surface area (Å²) in [5.74, 6) is 0. The van der Waals surface area contributed by atoms with Crippen LogP contribution in [0, 0.1) is 12.3 Å². The van der Waals surface area contributed by atoms with E-state index in [0.29, 0.717) is 6.04 Å². The van der Waals surface area contributed by atoms with Gasteiger partial charge in [0.05, 0.1) is 6.10 Å². The lowest BCUT2D eigenvalue weighted by Gasteiger charge is -2.35. The summed E-state index contributed by atoms with van der Waals surface area (Å²) < 4.78 is 2.46. The van der Waals surface area contributed by atoms with Gasteiger partial charge in [0.1, 0.15) is 0 Å². The van der Waals surface area contributed by atoms with E-state index in [9.17, 15) is 5.11 Å². The highest BCUT2D eigenvalue weighted by atomic mass is 16.3. The molecule has 0 bridgehead atoms. The number of aliphatic hydroxyl groups is 1. The molecule has 0 saturated heterocycles. The molecular weight excluding hydrogens is 248 g/mol. The highest BCUT2D eigenvalue weighted by Gasteiger charge is 2.34. The van der Waals surface area contributed by atoms with Gasteiger partial charge in [-0.1, -0.05) is 13.8 Å². The second-order valence-corrected chi connectivity index (χ2v) is 7.56. The molecule has 0 radical (unpaired) electrons. The van der Waals surface area contributed by atoms with Crippen LogP contribution in [0.15, 0.2) is 6.07 Å². The van der Waals surface area contributed by atoms with Crippen LogP contribution in [-0.4, -0.2) is 35.2 Å². The Hall–Kier alpha value is -0.800. The van der Waals surface area contributed by atoms with Crippen molar-refractivity contribution in [2.24, 2.45) is 5.41 Å². The molecule has 1 heterocycles. The van der Waals surface area contributed by atoms with Crippen molar-refractivity contribution < 1.29 is 5.11 Å². The van der Waals surface area contributed by atoms with Gasteiger partial charge in [-0.2, -0.15) is 0 Å². The van der Waals surface area contributed by atoms with E-state index in [-0.39, 0.29) is 11.5 Å². The van der Waals surface area contributed by atoms with Gasteiger partial charge < -0.3 is 14.6 Å². The van der Waals surface area contributed by atoms with E-state index in [4.69, 9.17) is 0 Å². The summed E-state index contributed by atoms with van der Waals surface area (Å²) in [4.78, 5) is 2.24. The van der Waals surface area contributed by atoms with Crippen LogP contribution in [0.2, 0.25) is 0 Å². The van der Waals surface area contributed by atoms with E-state index < -0.39 is 0 Å². The van der Waals surface area contributed by atoms with Gasteiger partial charge in [0.15, 0.2) is 0 Å². The summed E-state index contributed by atoms with van der Waals surface area (Å²) in [5, 5.41) is 10.4. The van der Waals surface area contributed by atoms with Crippen LogP contribution in [-0.2, 0) is 6.42 Å². The molecule has 1 aliphatic rings. The van der Waals surface area contributed by atoms with E-state index in [2.05, 4.69) is 57.3 Å². The van der Waals surface area contributed by atoms with Crippen molar-refractivity contribution in [1.29, 1.82) is 0 Å². The molecular formula is C17H30N2O. The molecule has 1 aliphatic carbocycles. The fraction of sp³-hybridized carbons (Fsp3) is 0.765. The van der Waals surface area contributed by atoms with E-state index in [1.165, 1.54) is 17.0 Å². The monoisotopic (exact) mass is 278 g/mol. The lowest BCUT2D eigenvalue weighted by molar-refractivity contribution is 0.0974. The van der Waals surface area contributed by atoms with Crippen LogP contribution >= 0.6 is 0 Å². The molecule has 0 fully saturated rings. The SMILES string of the molecule is Cc1cc2c(n1C(C)CCN(C)C)CC(C)(C)CC2O. The highest BCUT2D eigenvalue weighted by molar-refractivity contribution is 5.33. The Morgan fingerprint density at radius 2 is 2.10 bits per heavy atom. The number of nitrogens with zero attached hydrogens (tertiary/aromatic N) is 2. The molecule has 0 amide bonds. The molecule has 1 N–H and O–H groups in total. The third kappa shape index (κ3) is 3.09. The Kier molecular flexibility index (Phi) is 4.31. The fourth-order valence-electron chi connectivity index (χ4n) is 3.55. The van der Waals surface area contributed by atoms with Crippen molar-refractivity contribution >= 4 is 0 Å². The highest BCUT2D eigenvalue weighted by Crippen LogP contribution is 2.43. The van der Waals surface area contributed by atoms with Crippen LogP contribution in [0.1, 0.15) is 62.7 Å². The third-order valence-electron chi connectivity index (χ3n) is 4.55. The smallest absolute Gasteiger partial charge is 0.0812 e. The van der Waals surface area contributed by atoms with Crippen molar-refractivity contribution in [3.63, 3.8) is 0 Å². The standard InChI is InChI=1S/C17H30N2O/c1-12(7-8-18(5)6)19-13(2)9-14-15(19)10-17(3,4)11-16(14)20/h9,12,16,20H,7-8,10-11H2,1-6H3. The van der Waals surface area contributed by atoms with Crippen LogP contribution in [0.3, 0.4) is 0 Å². The third-order valence-corrected chi connectivity index (χ3v) is 4.55. The van der Waals surface area contributed by atoms with Crippen molar-refractivity contribution in [1.82, 2.24) is 9.47 Å². The van der Waals surface area contributed by atoms with Gasteiger partial charge in [-0.25, -0.2) is 0 Å². The summed E-state index contributed by atoms with van der Waals surface area (Å²) in [5.41, 5.74) is 4.00. The number of hydrogen-bond acceptors (Lipinski definition) is 2. The molecule has 0 aliphatic heterocycles. The predicted molar refractivity (Wildman–Crippen MR) is 84.1 cm³/mol. The lowest BCUT2D eigenvalue weighted by Crippen LogP contribution is -2.28. The maximum absolute atomic E-state index is 10.4. The van der Waals surface area contributed by atoms with Gasteiger partial charge in [-0.15, -0.1) is 0 Å². The van der Waals surface area contributed by atoms with E-state index in [0.717, 1.165) is 25.8 Å². The molecule has 0 aromatic carbocycles. The Balaban J connectivity index is 2.31. The minimum Gasteiger partial charge on any atom is -0.388 e. The fourth-order valence-corrected chi connectivity index (χ4v) is 3.55. The normalized spacial score (nSPS) is 22.9. The Labute approximate surface area is 123 Å². The minimum atomic E-state index is -0.297. The topological polar surface area (TPSA) is 28.4 Å². The molecule has 114 valence electrons. The largest absolute Gasteiger partial charge is 0.388 e. The molecule has 2 atom stereocenters. The molecule has 0 spiro atoms. The summed E-state index contributed by atoms with van der Waals surface area (Å²) in [7, 11) is 4.25. The first-order chi connectivity index (χ1) is 9.21. The Morgan fingerprint density at radius 1 is 1.45 bits per heavy atom. The number of aryl methyl sites for hydroxylation is 1. The average Bonchev–Trinajstić information content (AvgIpc) is 2.61. The van der Waals surface area contributed by atoms with Crippen molar-refractivity contribution in [2.45, 2.75) is 59.1 Å². The average molecular weight is 278 g/mol. The van der Waals surface area contributed by atoms with Crippen LogP contribution in [0.5, 0.6) is 0 Å². The predicted octanol–water partition coefficient (Wildman–Crippen LogP) is 3.32. The zero-order valence-corrected chi connectivity index (χ0v) is 13.9. The molecule has 2 rings (SSSR count). The zero-order valence-electron chi connectivity index (χ0n) is 13.9. The summed E-state index contributed by atoms with van der Waals surface area (Å²) in [6.07, 6.45) is 2.79. The van der Waals surface area contributed by atoms with Crippen LogP contribution in [0.25, 0.3) is 0 Å². The minimum absolute atomic E-state index is 0.191. The van der Waals surface area contributed by atoms with Gasteiger partial charge in [0.25, 0.3) is 0 Å². The lowest BCUT2D eigenvalue weighted by atomic mass is 9.75. The first kappa shape index (κ1) is 15.6. The molecule has 1 aromatic heterocycles. The van der Waals surface area contributed by atoms with E-state index >= 15 is 0 Å². The van der Waals surface area contributed by atoms with Gasteiger partial charge in [0.2, 0.25) is 0 Å². The van der Waals surface area contributed by atoms with Crippen LogP contribution in [0.4, 0.5) is 0 Å². The van der Waals surface area contributed by atoms with Crippen molar-refractivity contribution in [3.05, 3.63) is 23.0 Å². The van der Waals surface area contributed by atoms with Crippen molar-refractivity contribution in [3.8, 4) is 0 Å². The maximum atomic E-state index is 10.4. The quantitative estimate of drug-likeness (QED) is 0.915. The summed E-state index contributed by atoms with van der Waals surface area (Å²) in [6.45, 7) is 10.1. The molecule has 1 aromatic rings. The number of fused-ring (bicyclic) bond motifs is 1. The van der Waals surface area contributed by atoms with Gasteiger partial charge in [-0.05, 0) is 65.2 Å². The van der Waals surface area contributed by atoms with E-state index in [1.54, 1.807) is 0 Å². The number of aromatic nitrogens is 1. The molecule has 2 unspecified atom stereocenters. The van der Waals surface area contributed by atoms with E-state index in [1.807, 2.05) is 0 Å². The van der Waals surface area contributed by atoms with Crippen LogP contribution < -0.4 is 0 Å². The second-order valence-electron chi connectivity index (χ2n) is 7.56. The number of aliphatic hydroxyl groups excluding tert-OH is 1. The number of rotatable bonds is 4. The summed E-state index contributed by atoms with van der Waals surface area (Å²) >= 11 is 0. The second kappa shape index (κ2) is 5.53. The molecule has 3 nitrogen and oxygen atoms in total. The van der Waals surface area contributed by atoms with Gasteiger partial charge >= 0.3 is 0 Å². The Morgan fingerprint density at radius 3 is 2.70 bits per heavy atom. The maximum Gasteiger partial charge on any atom is 0.0812 e. The number of hydrogen-bond donors (Lipinski definition) is 1. The zero-order chi connectivity index (χ0) is 15.1. The first-order valence-corrected chi connectivity index (χ1v) is 7.74. The van der Waals surface area contributed by atoms with Gasteiger partial charge in [-0.3, -0.25) is 0 Å². The van der Waals surface area contributed by atoms with Gasteiger partial charge in [0, 0.05) is 23.0 Å². The molecule has 3 heteroatoms. The Bertz CT molecular complexity index is 474. The molecule has 20 heavy (non-hydrogen) atoms. The molecule has 0 saturated carbocycles. The summed E-state index contributed by atoms with van der Waals surface area (Å²) in [6, 6.07) is 2.68. The first-order valence-electron chi connectivity index (χ1n) is 7.74.